The number of benzene rings is 1. The summed E-state index contributed by atoms with van der Waals surface area (Å²) in [6.45, 7) is 5.82. The maximum atomic E-state index is 12.3. The number of nitrogens with zero attached hydrogens (tertiary/aromatic N) is 5. The SMILES string of the molecule is CCc1nnc(NC(=O)c2nnn(-c3ccc(C)cc3)c2C)s1. The van der Waals surface area contributed by atoms with Crippen molar-refractivity contribution in [1.29, 1.82) is 0 Å². The first-order valence-electron chi connectivity index (χ1n) is 7.21. The van der Waals surface area contributed by atoms with Crippen molar-refractivity contribution in [1.82, 2.24) is 25.2 Å². The molecule has 0 spiro atoms. The number of nitrogens with one attached hydrogen (secondary N) is 1. The Bertz CT molecular complexity index is 836. The van der Waals surface area contributed by atoms with Crippen LogP contribution < -0.4 is 5.32 Å². The minimum absolute atomic E-state index is 0.277. The van der Waals surface area contributed by atoms with Crippen molar-refractivity contribution >= 4 is 22.4 Å². The summed E-state index contributed by atoms with van der Waals surface area (Å²) in [5.74, 6) is -0.334. The van der Waals surface area contributed by atoms with Crippen molar-refractivity contribution in [2.24, 2.45) is 0 Å². The van der Waals surface area contributed by atoms with E-state index in [1.165, 1.54) is 11.3 Å². The Balaban J connectivity index is 1.83. The highest BCUT2D eigenvalue weighted by atomic mass is 32.1. The van der Waals surface area contributed by atoms with Crippen molar-refractivity contribution in [2.75, 3.05) is 5.32 Å². The normalized spacial score (nSPS) is 10.7. The fraction of sp³-hybridized carbons (Fsp3) is 0.267. The van der Waals surface area contributed by atoms with Crippen LogP contribution in [-0.2, 0) is 6.42 Å². The molecule has 2 aromatic heterocycles. The molecule has 8 heteroatoms. The molecule has 0 aliphatic carbocycles. The lowest BCUT2D eigenvalue weighted by molar-refractivity contribution is 0.102. The predicted molar refractivity (Wildman–Crippen MR) is 88.1 cm³/mol. The minimum Gasteiger partial charge on any atom is -0.295 e. The maximum absolute atomic E-state index is 12.3. The van der Waals surface area contributed by atoms with Crippen LogP contribution in [0.15, 0.2) is 24.3 Å². The highest BCUT2D eigenvalue weighted by molar-refractivity contribution is 7.15. The monoisotopic (exact) mass is 328 g/mol. The lowest BCUT2D eigenvalue weighted by Gasteiger charge is -2.04. The zero-order chi connectivity index (χ0) is 16.4. The zero-order valence-electron chi connectivity index (χ0n) is 13.1. The maximum Gasteiger partial charge on any atom is 0.279 e. The number of hydrogen-bond acceptors (Lipinski definition) is 6. The number of aromatic nitrogens is 5. The molecule has 0 fully saturated rings. The average molecular weight is 328 g/mol. The van der Waals surface area contributed by atoms with Crippen LogP contribution in [0.25, 0.3) is 5.69 Å². The molecule has 3 rings (SSSR count). The van der Waals surface area contributed by atoms with Gasteiger partial charge in [-0.25, -0.2) is 4.68 Å². The fourth-order valence-electron chi connectivity index (χ4n) is 2.07. The van der Waals surface area contributed by atoms with E-state index in [0.717, 1.165) is 22.7 Å². The summed E-state index contributed by atoms with van der Waals surface area (Å²) in [5.41, 5.74) is 2.97. The van der Waals surface area contributed by atoms with Crippen LogP contribution in [0.5, 0.6) is 0 Å². The van der Waals surface area contributed by atoms with Gasteiger partial charge in [-0.05, 0) is 32.4 Å². The van der Waals surface area contributed by atoms with Gasteiger partial charge in [-0.2, -0.15) is 0 Å². The molecule has 118 valence electrons. The lowest BCUT2D eigenvalue weighted by Crippen LogP contribution is -2.14. The predicted octanol–water partition coefficient (Wildman–Crippen LogP) is 2.55. The minimum atomic E-state index is -0.334. The summed E-state index contributed by atoms with van der Waals surface area (Å²) in [6.07, 6.45) is 0.788. The molecule has 7 nitrogen and oxygen atoms in total. The molecule has 0 bridgehead atoms. The molecular formula is C15H16N6OS. The second-order valence-electron chi connectivity index (χ2n) is 5.08. The number of hydrogen-bond donors (Lipinski definition) is 1. The van der Waals surface area contributed by atoms with Gasteiger partial charge in [0.1, 0.15) is 5.01 Å². The van der Waals surface area contributed by atoms with Gasteiger partial charge in [-0.15, -0.1) is 15.3 Å². The first kappa shape index (κ1) is 15.3. The van der Waals surface area contributed by atoms with E-state index in [-0.39, 0.29) is 11.6 Å². The number of amides is 1. The Morgan fingerprint density at radius 2 is 1.91 bits per heavy atom. The average Bonchev–Trinajstić information content (AvgIpc) is 3.14. The summed E-state index contributed by atoms with van der Waals surface area (Å²) < 4.78 is 1.64. The molecule has 0 saturated heterocycles. The second kappa shape index (κ2) is 6.25. The third-order valence-corrected chi connectivity index (χ3v) is 4.36. The zero-order valence-corrected chi connectivity index (χ0v) is 13.9. The summed E-state index contributed by atoms with van der Waals surface area (Å²) in [7, 11) is 0. The molecule has 2 heterocycles. The highest BCUT2D eigenvalue weighted by Gasteiger charge is 2.18. The fourth-order valence-corrected chi connectivity index (χ4v) is 2.75. The summed E-state index contributed by atoms with van der Waals surface area (Å²) >= 11 is 1.36. The third kappa shape index (κ3) is 3.11. The van der Waals surface area contributed by atoms with Crippen LogP contribution in [0.3, 0.4) is 0 Å². The molecule has 1 amide bonds. The van der Waals surface area contributed by atoms with Crippen molar-refractivity contribution < 1.29 is 4.79 Å². The van der Waals surface area contributed by atoms with E-state index in [9.17, 15) is 4.79 Å². The Morgan fingerprint density at radius 1 is 1.17 bits per heavy atom. The molecule has 0 unspecified atom stereocenters. The third-order valence-electron chi connectivity index (χ3n) is 3.38. The number of carbonyl (C=O) groups excluding carboxylic acids is 1. The first-order chi connectivity index (χ1) is 11.1. The van der Waals surface area contributed by atoms with Crippen molar-refractivity contribution in [2.45, 2.75) is 27.2 Å². The summed E-state index contributed by atoms with van der Waals surface area (Å²) in [5, 5.41) is 20.0. The van der Waals surface area contributed by atoms with Gasteiger partial charge < -0.3 is 0 Å². The summed E-state index contributed by atoms with van der Waals surface area (Å²) in [6, 6.07) is 7.86. The number of aryl methyl sites for hydroxylation is 2. The van der Waals surface area contributed by atoms with Crippen molar-refractivity contribution in [3.8, 4) is 5.69 Å². The van der Waals surface area contributed by atoms with Crippen LogP contribution in [0.1, 0.15) is 33.7 Å². The van der Waals surface area contributed by atoms with E-state index in [1.54, 1.807) is 4.68 Å². The molecule has 23 heavy (non-hydrogen) atoms. The molecule has 0 aliphatic heterocycles. The Hall–Kier alpha value is -2.61. The van der Waals surface area contributed by atoms with Gasteiger partial charge in [0.25, 0.3) is 5.91 Å². The van der Waals surface area contributed by atoms with Crippen LogP contribution in [0, 0.1) is 13.8 Å². The first-order valence-corrected chi connectivity index (χ1v) is 8.03. The molecule has 0 atom stereocenters. The second-order valence-corrected chi connectivity index (χ2v) is 6.14. The molecule has 1 aromatic carbocycles. The van der Waals surface area contributed by atoms with Gasteiger partial charge in [-0.1, -0.05) is 41.2 Å². The molecule has 3 aromatic rings. The topological polar surface area (TPSA) is 85.6 Å². The largest absolute Gasteiger partial charge is 0.295 e. The molecular weight excluding hydrogens is 312 g/mol. The van der Waals surface area contributed by atoms with Crippen molar-refractivity contribution in [3.05, 3.63) is 46.2 Å². The molecule has 0 saturated carbocycles. The Labute approximate surface area is 137 Å². The Kier molecular flexibility index (Phi) is 4.16. The quantitative estimate of drug-likeness (QED) is 0.795. The smallest absolute Gasteiger partial charge is 0.279 e. The van der Waals surface area contributed by atoms with E-state index in [1.807, 2.05) is 45.0 Å². The highest BCUT2D eigenvalue weighted by Crippen LogP contribution is 2.18. The number of anilines is 1. The Morgan fingerprint density at radius 3 is 2.57 bits per heavy atom. The standard InChI is InChI=1S/C15H16N6OS/c1-4-12-17-19-15(23-12)16-14(22)13-10(3)21(20-18-13)11-7-5-9(2)6-8-11/h5-8H,4H2,1-3H3,(H,16,19,22). The van der Waals surface area contributed by atoms with E-state index < -0.39 is 0 Å². The van der Waals surface area contributed by atoms with E-state index in [4.69, 9.17) is 0 Å². The molecule has 0 radical (unpaired) electrons. The van der Waals surface area contributed by atoms with Gasteiger partial charge >= 0.3 is 0 Å². The van der Waals surface area contributed by atoms with Gasteiger partial charge in [-0.3, -0.25) is 10.1 Å². The van der Waals surface area contributed by atoms with E-state index >= 15 is 0 Å². The van der Waals surface area contributed by atoms with Crippen LogP contribution in [0.2, 0.25) is 0 Å². The molecule has 1 N–H and O–H groups in total. The van der Waals surface area contributed by atoms with E-state index in [0.29, 0.717) is 10.8 Å². The number of rotatable bonds is 4. The van der Waals surface area contributed by atoms with Gasteiger partial charge in [0.15, 0.2) is 5.69 Å². The van der Waals surface area contributed by atoms with Crippen LogP contribution in [0.4, 0.5) is 5.13 Å². The van der Waals surface area contributed by atoms with Gasteiger partial charge in [0.2, 0.25) is 5.13 Å². The summed E-state index contributed by atoms with van der Waals surface area (Å²) in [4.78, 5) is 12.3. The van der Waals surface area contributed by atoms with E-state index in [2.05, 4.69) is 25.8 Å². The lowest BCUT2D eigenvalue weighted by atomic mass is 10.2. The van der Waals surface area contributed by atoms with Crippen LogP contribution in [-0.4, -0.2) is 31.1 Å². The van der Waals surface area contributed by atoms with Crippen molar-refractivity contribution in [3.63, 3.8) is 0 Å². The molecule has 0 aliphatic rings. The van der Waals surface area contributed by atoms with Gasteiger partial charge in [0, 0.05) is 0 Å². The number of carbonyl (C=O) groups is 1. The van der Waals surface area contributed by atoms with Gasteiger partial charge in [0.05, 0.1) is 11.4 Å². The van der Waals surface area contributed by atoms with Crippen LogP contribution >= 0.6 is 11.3 Å².